The first-order chi connectivity index (χ1) is 9.08. The number of nitrogen functional groups attached to an aromatic ring is 1. The lowest BCUT2D eigenvalue weighted by molar-refractivity contribution is 0.525. The lowest BCUT2D eigenvalue weighted by atomic mass is 10.1. The van der Waals surface area contributed by atoms with Crippen LogP contribution in [0.15, 0.2) is 12.3 Å². The van der Waals surface area contributed by atoms with E-state index < -0.39 is 0 Å². The highest BCUT2D eigenvalue weighted by molar-refractivity contribution is 5.52. The van der Waals surface area contributed by atoms with E-state index in [1.807, 2.05) is 6.20 Å². The van der Waals surface area contributed by atoms with Crippen LogP contribution in [0, 0.1) is 12.8 Å². The van der Waals surface area contributed by atoms with E-state index in [0.29, 0.717) is 6.04 Å². The molecule has 0 bridgehead atoms. The minimum Gasteiger partial charge on any atom is -0.397 e. The van der Waals surface area contributed by atoms with Crippen molar-refractivity contribution in [3.05, 3.63) is 17.8 Å². The van der Waals surface area contributed by atoms with Gasteiger partial charge in [-0.25, -0.2) is 4.98 Å². The number of rotatable bonds is 5. The summed E-state index contributed by atoms with van der Waals surface area (Å²) in [5.41, 5.74) is 7.81. The third-order valence-electron chi connectivity index (χ3n) is 4.14. The van der Waals surface area contributed by atoms with Gasteiger partial charge in [-0.2, -0.15) is 0 Å². The fourth-order valence-corrected chi connectivity index (χ4v) is 2.81. The second kappa shape index (κ2) is 6.27. The second-order valence-corrected chi connectivity index (χ2v) is 6.21. The van der Waals surface area contributed by atoms with E-state index in [-0.39, 0.29) is 0 Å². The minimum absolute atomic E-state index is 0.675. The van der Waals surface area contributed by atoms with Crippen molar-refractivity contribution in [2.24, 2.45) is 5.92 Å². The van der Waals surface area contributed by atoms with Crippen LogP contribution < -0.4 is 10.6 Å². The van der Waals surface area contributed by atoms with Gasteiger partial charge < -0.3 is 10.6 Å². The van der Waals surface area contributed by atoms with Gasteiger partial charge in [-0.15, -0.1) is 0 Å². The average Bonchev–Trinajstić information content (AvgIpc) is 2.87. The monoisotopic (exact) mass is 261 g/mol. The van der Waals surface area contributed by atoms with Crippen molar-refractivity contribution in [3.8, 4) is 0 Å². The Labute approximate surface area is 117 Å². The van der Waals surface area contributed by atoms with Crippen molar-refractivity contribution in [1.82, 2.24) is 4.98 Å². The van der Waals surface area contributed by atoms with Crippen molar-refractivity contribution in [2.75, 3.05) is 17.2 Å². The third kappa shape index (κ3) is 3.62. The molecule has 0 spiro atoms. The predicted molar refractivity (Wildman–Crippen MR) is 82.4 cm³/mol. The molecule has 1 fully saturated rings. The summed E-state index contributed by atoms with van der Waals surface area (Å²) in [5, 5.41) is 0. The maximum Gasteiger partial charge on any atom is 0.129 e. The molecule has 3 heteroatoms. The van der Waals surface area contributed by atoms with Crippen molar-refractivity contribution < 1.29 is 0 Å². The van der Waals surface area contributed by atoms with Crippen LogP contribution in [0.3, 0.4) is 0 Å². The lowest BCUT2D eigenvalue weighted by Gasteiger charge is -2.31. The largest absolute Gasteiger partial charge is 0.397 e. The molecule has 1 aromatic heterocycles. The molecule has 0 amide bonds. The van der Waals surface area contributed by atoms with Gasteiger partial charge in [0.05, 0.1) is 11.9 Å². The van der Waals surface area contributed by atoms with Crippen molar-refractivity contribution >= 4 is 11.5 Å². The lowest BCUT2D eigenvalue weighted by Crippen LogP contribution is -2.35. The first kappa shape index (κ1) is 14.2. The Kier molecular flexibility index (Phi) is 4.67. The number of aromatic nitrogens is 1. The van der Waals surface area contributed by atoms with E-state index in [9.17, 15) is 0 Å². The molecule has 0 unspecified atom stereocenters. The van der Waals surface area contributed by atoms with E-state index in [4.69, 9.17) is 5.73 Å². The Balaban J connectivity index is 2.17. The molecule has 0 radical (unpaired) electrons. The first-order valence-corrected chi connectivity index (χ1v) is 7.56. The summed E-state index contributed by atoms with van der Waals surface area (Å²) in [7, 11) is 0. The zero-order valence-corrected chi connectivity index (χ0v) is 12.5. The molecular weight excluding hydrogens is 234 g/mol. The average molecular weight is 261 g/mol. The van der Waals surface area contributed by atoms with Crippen LogP contribution in [0.5, 0.6) is 0 Å². The van der Waals surface area contributed by atoms with Gasteiger partial charge in [0.25, 0.3) is 0 Å². The van der Waals surface area contributed by atoms with Crippen molar-refractivity contribution in [2.45, 2.75) is 58.9 Å². The standard InChI is InChI=1S/C16H27N3/c1-12(2)8-9-19(14-6-4-5-7-14)16-10-13(3)15(17)11-18-16/h10-12,14H,4-9,17H2,1-3H3. The normalized spacial score (nSPS) is 16.2. The quantitative estimate of drug-likeness (QED) is 0.877. The molecule has 3 nitrogen and oxygen atoms in total. The zero-order chi connectivity index (χ0) is 13.8. The molecule has 1 aromatic rings. The molecule has 0 saturated heterocycles. The molecule has 2 N–H and O–H groups in total. The number of hydrogen-bond acceptors (Lipinski definition) is 3. The van der Waals surface area contributed by atoms with Crippen molar-refractivity contribution in [1.29, 1.82) is 0 Å². The summed E-state index contributed by atoms with van der Waals surface area (Å²) in [6.45, 7) is 7.75. The van der Waals surface area contributed by atoms with Crippen LogP contribution in [-0.4, -0.2) is 17.6 Å². The smallest absolute Gasteiger partial charge is 0.129 e. The molecule has 2 rings (SSSR count). The van der Waals surface area contributed by atoms with Crippen LogP contribution in [0.25, 0.3) is 0 Å². The van der Waals surface area contributed by atoms with Crippen LogP contribution in [0.1, 0.15) is 51.5 Å². The highest BCUT2D eigenvalue weighted by atomic mass is 15.2. The third-order valence-corrected chi connectivity index (χ3v) is 4.14. The van der Waals surface area contributed by atoms with Crippen LogP contribution >= 0.6 is 0 Å². The Morgan fingerprint density at radius 1 is 1.37 bits per heavy atom. The van der Waals surface area contributed by atoms with E-state index >= 15 is 0 Å². The molecule has 1 saturated carbocycles. The maximum absolute atomic E-state index is 5.88. The summed E-state index contributed by atoms with van der Waals surface area (Å²) in [6, 6.07) is 2.82. The molecule has 19 heavy (non-hydrogen) atoms. The number of nitrogens with two attached hydrogens (primary N) is 1. The summed E-state index contributed by atoms with van der Waals surface area (Å²) in [5.74, 6) is 1.85. The summed E-state index contributed by atoms with van der Waals surface area (Å²) in [4.78, 5) is 7.08. The molecule has 1 heterocycles. The highest BCUT2D eigenvalue weighted by Gasteiger charge is 2.23. The highest BCUT2D eigenvalue weighted by Crippen LogP contribution is 2.29. The Bertz CT molecular complexity index is 408. The second-order valence-electron chi connectivity index (χ2n) is 6.21. The van der Waals surface area contributed by atoms with Crippen LogP contribution in [0.2, 0.25) is 0 Å². The molecule has 1 aliphatic carbocycles. The number of pyridine rings is 1. The Morgan fingerprint density at radius 2 is 2.05 bits per heavy atom. The van der Waals surface area contributed by atoms with Gasteiger partial charge in [-0.05, 0) is 43.7 Å². The predicted octanol–water partition coefficient (Wildman–Crippen LogP) is 3.77. The molecule has 1 aliphatic rings. The van der Waals surface area contributed by atoms with E-state index in [2.05, 4.69) is 36.7 Å². The van der Waals surface area contributed by atoms with Gasteiger partial charge in [0.1, 0.15) is 5.82 Å². The molecular formula is C16H27N3. The first-order valence-electron chi connectivity index (χ1n) is 7.56. The molecule has 0 aromatic carbocycles. The van der Waals surface area contributed by atoms with Gasteiger partial charge in [0.2, 0.25) is 0 Å². The number of anilines is 2. The molecule has 106 valence electrons. The van der Waals surface area contributed by atoms with Gasteiger partial charge >= 0.3 is 0 Å². The van der Waals surface area contributed by atoms with Gasteiger partial charge in [-0.1, -0.05) is 26.7 Å². The van der Waals surface area contributed by atoms with Gasteiger partial charge in [0.15, 0.2) is 0 Å². The minimum atomic E-state index is 0.675. The van der Waals surface area contributed by atoms with E-state index in [1.54, 1.807) is 0 Å². The molecule has 0 atom stereocenters. The Morgan fingerprint density at radius 3 is 2.63 bits per heavy atom. The number of hydrogen-bond donors (Lipinski definition) is 1. The van der Waals surface area contributed by atoms with Crippen LogP contribution in [0.4, 0.5) is 11.5 Å². The van der Waals surface area contributed by atoms with Crippen molar-refractivity contribution in [3.63, 3.8) is 0 Å². The number of nitrogens with zero attached hydrogens (tertiary/aromatic N) is 2. The zero-order valence-electron chi connectivity index (χ0n) is 12.5. The number of aryl methyl sites for hydroxylation is 1. The van der Waals surface area contributed by atoms with E-state index in [0.717, 1.165) is 29.5 Å². The maximum atomic E-state index is 5.88. The fraction of sp³-hybridized carbons (Fsp3) is 0.688. The van der Waals surface area contributed by atoms with Gasteiger partial charge in [-0.3, -0.25) is 0 Å². The van der Waals surface area contributed by atoms with Crippen LogP contribution in [-0.2, 0) is 0 Å². The Hall–Kier alpha value is -1.25. The molecule has 0 aliphatic heterocycles. The summed E-state index contributed by atoms with van der Waals surface area (Å²) < 4.78 is 0. The SMILES string of the molecule is Cc1cc(N(CCC(C)C)C2CCCC2)ncc1N. The van der Waals surface area contributed by atoms with E-state index in [1.165, 1.54) is 32.1 Å². The topological polar surface area (TPSA) is 42.2 Å². The fourth-order valence-electron chi connectivity index (χ4n) is 2.81. The van der Waals surface area contributed by atoms with Gasteiger partial charge in [0, 0.05) is 12.6 Å². The summed E-state index contributed by atoms with van der Waals surface area (Å²) in [6.07, 6.45) is 8.36. The summed E-state index contributed by atoms with van der Waals surface area (Å²) >= 11 is 0.